The fraction of sp³-hybridized carbons (Fsp3) is 0.647. The molecule has 2 unspecified atom stereocenters. The van der Waals surface area contributed by atoms with Crippen molar-refractivity contribution >= 4 is 5.69 Å². The van der Waals surface area contributed by atoms with E-state index in [4.69, 9.17) is 0 Å². The highest BCUT2D eigenvalue weighted by molar-refractivity contribution is 5.56. The van der Waals surface area contributed by atoms with E-state index >= 15 is 0 Å². The van der Waals surface area contributed by atoms with E-state index in [1.807, 2.05) is 0 Å². The Labute approximate surface area is 118 Å². The summed E-state index contributed by atoms with van der Waals surface area (Å²) in [4.78, 5) is 2.59. The van der Waals surface area contributed by atoms with E-state index in [1.54, 1.807) is 0 Å². The Kier molecular flexibility index (Phi) is 4.19. The van der Waals surface area contributed by atoms with Gasteiger partial charge >= 0.3 is 0 Å². The second-order valence-corrected chi connectivity index (χ2v) is 6.88. The molecule has 0 aromatic heterocycles. The lowest BCUT2D eigenvalue weighted by atomic mass is 9.85. The van der Waals surface area contributed by atoms with E-state index in [-0.39, 0.29) is 5.41 Å². The largest absolute Gasteiger partial charge is 0.367 e. The summed E-state index contributed by atoms with van der Waals surface area (Å²) in [7, 11) is 2.08. The average Bonchev–Trinajstić information content (AvgIpc) is 2.36. The molecular weight excluding hydrogens is 232 g/mol. The third kappa shape index (κ3) is 3.11. The second kappa shape index (κ2) is 5.54. The zero-order valence-electron chi connectivity index (χ0n) is 13.0. The molecule has 0 spiro atoms. The molecule has 1 aliphatic heterocycles. The predicted octanol–water partition coefficient (Wildman–Crippen LogP) is 3.46. The van der Waals surface area contributed by atoms with E-state index in [0.29, 0.717) is 12.1 Å². The maximum atomic E-state index is 3.50. The number of nitrogens with one attached hydrogen (secondary N) is 1. The van der Waals surface area contributed by atoms with Crippen LogP contribution in [0.4, 0.5) is 5.69 Å². The summed E-state index contributed by atoms with van der Waals surface area (Å²) < 4.78 is 0. The molecule has 0 saturated heterocycles. The highest BCUT2D eigenvalue weighted by atomic mass is 15.2. The SMILES string of the molecule is CNC(CN1c2ccccc2CCC1C)C(C)(C)C. The Morgan fingerprint density at radius 3 is 2.63 bits per heavy atom. The third-order valence-corrected chi connectivity index (χ3v) is 4.44. The summed E-state index contributed by atoms with van der Waals surface area (Å²) in [6.45, 7) is 10.4. The monoisotopic (exact) mass is 260 g/mol. The van der Waals surface area contributed by atoms with Crippen molar-refractivity contribution < 1.29 is 0 Å². The van der Waals surface area contributed by atoms with Gasteiger partial charge in [-0.1, -0.05) is 39.0 Å². The number of benzene rings is 1. The van der Waals surface area contributed by atoms with Gasteiger partial charge in [-0.3, -0.25) is 0 Å². The van der Waals surface area contributed by atoms with E-state index < -0.39 is 0 Å². The fourth-order valence-corrected chi connectivity index (χ4v) is 3.03. The zero-order valence-corrected chi connectivity index (χ0v) is 13.0. The molecule has 2 heteroatoms. The van der Waals surface area contributed by atoms with Crippen molar-refractivity contribution in [2.75, 3.05) is 18.5 Å². The number of nitrogens with zero attached hydrogens (tertiary/aromatic N) is 1. The van der Waals surface area contributed by atoms with Gasteiger partial charge in [0.05, 0.1) is 0 Å². The minimum absolute atomic E-state index is 0.279. The molecule has 0 aliphatic carbocycles. The van der Waals surface area contributed by atoms with Crippen molar-refractivity contribution in [3.05, 3.63) is 29.8 Å². The molecule has 19 heavy (non-hydrogen) atoms. The summed E-state index contributed by atoms with van der Waals surface area (Å²) in [5.41, 5.74) is 3.22. The molecule has 0 saturated carbocycles. The van der Waals surface area contributed by atoms with Gasteiger partial charge in [0.1, 0.15) is 0 Å². The number of likely N-dealkylation sites (N-methyl/N-ethyl adjacent to an activating group) is 1. The van der Waals surface area contributed by atoms with E-state index in [2.05, 4.69) is 69.2 Å². The minimum Gasteiger partial charge on any atom is -0.367 e. The molecule has 2 nitrogen and oxygen atoms in total. The van der Waals surface area contributed by atoms with Crippen LogP contribution in [0.25, 0.3) is 0 Å². The number of aryl methyl sites for hydroxylation is 1. The number of anilines is 1. The van der Waals surface area contributed by atoms with Gasteiger partial charge in [-0.25, -0.2) is 0 Å². The Hall–Kier alpha value is -1.02. The lowest BCUT2D eigenvalue weighted by Crippen LogP contribution is -2.51. The molecule has 106 valence electrons. The topological polar surface area (TPSA) is 15.3 Å². The van der Waals surface area contributed by atoms with Crippen molar-refractivity contribution in [3.63, 3.8) is 0 Å². The van der Waals surface area contributed by atoms with Crippen molar-refractivity contribution in [3.8, 4) is 0 Å². The van der Waals surface area contributed by atoms with E-state index in [9.17, 15) is 0 Å². The Bertz CT molecular complexity index is 420. The molecule has 1 aromatic rings. The van der Waals surface area contributed by atoms with Crippen LogP contribution in [0.15, 0.2) is 24.3 Å². The summed E-state index contributed by atoms with van der Waals surface area (Å²) in [5.74, 6) is 0. The minimum atomic E-state index is 0.279. The van der Waals surface area contributed by atoms with Crippen molar-refractivity contribution in [2.45, 2.75) is 52.6 Å². The van der Waals surface area contributed by atoms with Crippen LogP contribution in [-0.2, 0) is 6.42 Å². The van der Waals surface area contributed by atoms with Crippen LogP contribution in [0.1, 0.15) is 39.7 Å². The van der Waals surface area contributed by atoms with Gasteiger partial charge in [0.25, 0.3) is 0 Å². The Balaban J connectivity index is 2.24. The number of rotatable bonds is 3. The second-order valence-electron chi connectivity index (χ2n) is 6.88. The van der Waals surface area contributed by atoms with Crippen LogP contribution in [0, 0.1) is 5.41 Å². The fourth-order valence-electron chi connectivity index (χ4n) is 3.03. The molecule has 1 N–H and O–H groups in total. The Morgan fingerprint density at radius 1 is 1.32 bits per heavy atom. The molecule has 1 aromatic carbocycles. The average molecular weight is 260 g/mol. The van der Waals surface area contributed by atoms with Crippen molar-refractivity contribution in [1.29, 1.82) is 0 Å². The maximum Gasteiger partial charge on any atom is 0.0401 e. The molecule has 1 aliphatic rings. The van der Waals surface area contributed by atoms with Gasteiger partial charge < -0.3 is 10.2 Å². The van der Waals surface area contributed by atoms with Gasteiger partial charge in [-0.05, 0) is 43.9 Å². The standard InChI is InChI=1S/C17H28N2/c1-13-10-11-14-8-6-7-9-15(14)19(13)12-16(18-5)17(2,3)4/h6-9,13,16,18H,10-12H2,1-5H3. The number of fused-ring (bicyclic) bond motifs is 1. The molecule has 0 fully saturated rings. The van der Waals surface area contributed by atoms with Gasteiger partial charge in [-0.15, -0.1) is 0 Å². The van der Waals surface area contributed by atoms with Gasteiger partial charge in [0.2, 0.25) is 0 Å². The van der Waals surface area contributed by atoms with Crippen molar-refractivity contribution in [2.24, 2.45) is 5.41 Å². The number of hydrogen-bond donors (Lipinski definition) is 1. The van der Waals surface area contributed by atoms with Gasteiger partial charge in [0, 0.05) is 24.3 Å². The van der Waals surface area contributed by atoms with Gasteiger partial charge in [-0.2, -0.15) is 0 Å². The molecule has 0 radical (unpaired) electrons. The first-order valence-electron chi connectivity index (χ1n) is 7.45. The van der Waals surface area contributed by atoms with Crippen molar-refractivity contribution in [1.82, 2.24) is 5.32 Å². The zero-order chi connectivity index (χ0) is 14.0. The van der Waals surface area contributed by atoms with E-state index in [1.165, 1.54) is 24.1 Å². The molecule has 2 atom stereocenters. The summed E-state index contributed by atoms with van der Waals surface area (Å²) in [5, 5.41) is 3.50. The summed E-state index contributed by atoms with van der Waals surface area (Å²) >= 11 is 0. The predicted molar refractivity (Wildman–Crippen MR) is 83.9 cm³/mol. The molecule has 1 heterocycles. The maximum absolute atomic E-state index is 3.50. The van der Waals surface area contributed by atoms with Crippen LogP contribution >= 0.6 is 0 Å². The number of para-hydroxylation sites is 1. The first-order chi connectivity index (χ1) is 8.93. The van der Waals surface area contributed by atoms with Crippen LogP contribution in [0.2, 0.25) is 0 Å². The summed E-state index contributed by atoms with van der Waals surface area (Å²) in [6.07, 6.45) is 2.48. The first kappa shape index (κ1) is 14.4. The van der Waals surface area contributed by atoms with Crippen LogP contribution in [-0.4, -0.2) is 25.7 Å². The lowest BCUT2D eigenvalue weighted by Gasteiger charge is -2.42. The molecule has 0 amide bonds. The number of hydrogen-bond acceptors (Lipinski definition) is 2. The highest BCUT2D eigenvalue weighted by Crippen LogP contribution is 2.32. The Morgan fingerprint density at radius 2 is 2.00 bits per heavy atom. The quantitative estimate of drug-likeness (QED) is 0.895. The van der Waals surface area contributed by atoms with E-state index in [0.717, 1.165) is 6.54 Å². The summed E-state index contributed by atoms with van der Waals surface area (Å²) in [6, 6.07) is 10.0. The van der Waals surface area contributed by atoms with Crippen LogP contribution in [0.5, 0.6) is 0 Å². The third-order valence-electron chi connectivity index (χ3n) is 4.44. The molecule has 2 rings (SSSR count). The smallest absolute Gasteiger partial charge is 0.0401 e. The highest BCUT2D eigenvalue weighted by Gasteiger charge is 2.29. The van der Waals surface area contributed by atoms with Crippen LogP contribution < -0.4 is 10.2 Å². The lowest BCUT2D eigenvalue weighted by molar-refractivity contribution is 0.277. The van der Waals surface area contributed by atoms with Gasteiger partial charge in [0.15, 0.2) is 0 Å². The van der Waals surface area contributed by atoms with Crippen LogP contribution in [0.3, 0.4) is 0 Å². The molecule has 0 bridgehead atoms. The molecular formula is C17H28N2. The normalized spacial score (nSPS) is 21.1. The first-order valence-corrected chi connectivity index (χ1v) is 7.45.